The van der Waals surface area contributed by atoms with E-state index < -0.39 is 0 Å². The van der Waals surface area contributed by atoms with Crippen LogP contribution in [-0.4, -0.2) is 13.1 Å². The molecule has 2 aromatic carbocycles. The lowest BCUT2D eigenvalue weighted by molar-refractivity contribution is 0.262. The number of ether oxygens (including phenoxy) is 1. The highest BCUT2D eigenvalue weighted by Crippen LogP contribution is 2.23. The van der Waals surface area contributed by atoms with Gasteiger partial charge < -0.3 is 15.4 Å². The molecule has 0 heterocycles. The molecule has 2 rings (SSSR count). The second-order valence-corrected chi connectivity index (χ2v) is 4.86. The Morgan fingerprint density at radius 3 is 2.52 bits per heavy atom. The van der Waals surface area contributed by atoms with Crippen molar-refractivity contribution in [3.05, 3.63) is 48.5 Å². The smallest absolute Gasteiger partial charge is 0.323 e. The number of anilines is 2. The molecule has 6 heteroatoms. The van der Waals surface area contributed by atoms with Gasteiger partial charge in [0, 0.05) is 10.6 Å². The summed E-state index contributed by atoms with van der Waals surface area (Å²) in [4.78, 5) is 12.8. The lowest BCUT2D eigenvalue weighted by Gasteiger charge is -2.11. The molecule has 0 atom stereocenters. The Kier molecular flexibility index (Phi) is 5.07. The van der Waals surface area contributed by atoms with Gasteiger partial charge in [0.1, 0.15) is 11.2 Å². The maximum atomic E-state index is 11.9. The number of hydrogen-bond donors (Lipinski definition) is 2. The van der Waals surface area contributed by atoms with Gasteiger partial charge in [0.25, 0.3) is 0 Å². The van der Waals surface area contributed by atoms with Crippen molar-refractivity contribution < 1.29 is 9.53 Å². The normalized spacial score (nSPS) is 9.52. The Morgan fingerprint density at radius 1 is 1.14 bits per heavy atom. The fourth-order valence-corrected chi connectivity index (χ4v) is 2.07. The predicted octanol–water partition coefficient (Wildman–Crippen LogP) is 3.91. The van der Waals surface area contributed by atoms with Crippen LogP contribution in [0.1, 0.15) is 0 Å². The molecule has 0 saturated carbocycles. The molecular weight excluding hydrogens is 286 g/mol. The van der Waals surface area contributed by atoms with E-state index >= 15 is 0 Å². The van der Waals surface area contributed by atoms with Crippen molar-refractivity contribution in [2.75, 3.05) is 17.7 Å². The molecule has 0 bridgehead atoms. The Labute approximate surface area is 126 Å². The van der Waals surface area contributed by atoms with Gasteiger partial charge in [0.2, 0.25) is 0 Å². The van der Waals surface area contributed by atoms with E-state index in [1.54, 1.807) is 43.5 Å². The predicted molar refractivity (Wildman–Crippen MR) is 83.5 cm³/mol. The van der Waals surface area contributed by atoms with E-state index in [0.717, 1.165) is 16.7 Å². The third-order valence-corrected chi connectivity index (χ3v) is 3.23. The lowest BCUT2D eigenvalue weighted by Crippen LogP contribution is -2.19. The highest BCUT2D eigenvalue weighted by Gasteiger charge is 2.06. The number of nitrogens with zero attached hydrogens (tertiary/aromatic N) is 1. The summed E-state index contributed by atoms with van der Waals surface area (Å²) in [5.74, 6) is 0.591. The van der Waals surface area contributed by atoms with Crippen LogP contribution in [0, 0.1) is 10.7 Å². The minimum absolute atomic E-state index is 0.361. The number of para-hydroxylation sites is 2. The van der Waals surface area contributed by atoms with Crippen molar-refractivity contribution in [3.63, 3.8) is 0 Å². The summed E-state index contributed by atoms with van der Waals surface area (Å²) in [6.45, 7) is 0. The Morgan fingerprint density at radius 2 is 1.86 bits per heavy atom. The topological polar surface area (TPSA) is 74.2 Å². The molecule has 5 nitrogen and oxygen atoms in total. The third kappa shape index (κ3) is 4.16. The molecule has 106 valence electrons. The van der Waals surface area contributed by atoms with Gasteiger partial charge in [-0.15, -0.1) is 0 Å². The van der Waals surface area contributed by atoms with Crippen LogP contribution in [0.4, 0.5) is 16.2 Å². The zero-order chi connectivity index (χ0) is 15.1. The average Bonchev–Trinajstić information content (AvgIpc) is 2.50. The largest absolute Gasteiger partial charge is 0.495 e. The summed E-state index contributed by atoms with van der Waals surface area (Å²) in [5, 5.41) is 16.0. The number of thiocyanates is 1. The van der Waals surface area contributed by atoms with E-state index in [-0.39, 0.29) is 6.03 Å². The van der Waals surface area contributed by atoms with Gasteiger partial charge in [0.15, 0.2) is 0 Å². The molecule has 2 N–H and O–H groups in total. The van der Waals surface area contributed by atoms with E-state index in [1.807, 2.05) is 17.5 Å². The molecule has 0 aromatic heterocycles. The van der Waals surface area contributed by atoms with Crippen LogP contribution in [0.2, 0.25) is 0 Å². The number of nitriles is 1. The van der Waals surface area contributed by atoms with Crippen LogP contribution in [-0.2, 0) is 0 Å². The third-order valence-electron chi connectivity index (χ3n) is 2.63. The van der Waals surface area contributed by atoms with Crippen molar-refractivity contribution in [2.45, 2.75) is 4.90 Å². The van der Waals surface area contributed by atoms with Gasteiger partial charge in [0.05, 0.1) is 12.8 Å². The molecule has 0 spiro atoms. The molecule has 2 amide bonds. The Hall–Kier alpha value is -2.65. The standard InChI is InChI=1S/C15H13N3O2S/c1-20-14-5-3-2-4-13(14)18-15(19)17-11-6-8-12(9-7-11)21-10-16/h2-9H,1H3,(H2,17,18,19). The van der Waals surface area contributed by atoms with E-state index in [1.165, 1.54) is 0 Å². The first-order chi connectivity index (χ1) is 10.2. The Balaban J connectivity index is 2.00. The fourth-order valence-electron chi connectivity index (χ4n) is 1.69. The number of carbonyl (C=O) groups is 1. The number of benzene rings is 2. The monoisotopic (exact) mass is 299 g/mol. The van der Waals surface area contributed by atoms with Crippen LogP contribution >= 0.6 is 11.8 Å². The summed E-state index contributed by atoms with van der Waals surface area (Å²) < 4.78 is 5.16. The van der Waals surface area contributed by atoms with Gasteiger partial charge in [-0.1, -0.05) is 12.1 Å². The molecule has 0 aliphatic carbocycles. The molecule has 0 aliphatic heterocycles. The van der Waals surface area contributed by atoms with E-state index in [9.17, 15) is 4.79 Å². The van der Waals surface area contributed by atoms with Crippen LogP contribution in [0.5, 0.6) is 5.75 Å². The van der Waals surface area contributed by atoms with Gasteiger partial charge in [-0.2, -0.15) is 5.26 Å². The van der Waals surface area contributed by atoms with Crippen molar-refractivity contribution in [2.24, 2.45) is 0 Å². The van der Waals surface area contributed by atoms with Crippen LogP contribution in [0.3, 0.4) is 0 Å². The number of amides is 2. The second-order valence-electron chi connectivity index (χ2n) is 4.00. The molecule has 0 fully saturated rings. The van der Waals surface area contributed by atoms with Crippen molar-refractivity contribution in [1.29, 1.82) is 5.26 Å². The molecule has 0 radical (unpaired) electrons. The fraction of sp³-hybridized carbons (Fsp3) is 0.0667. The number of rotatable bonds is 4. The zero-order valence-corrected chi connectivity index (χ0v) is 12.1. The van der Waals surface area contributed by atoms with Gasteiger partial charge in [-0.25, -0.2) is 4.79 Å². The highest BCUT2D eigenvalue weighted by molar-refractivity contribution is 8.03. The van der Waals surface area contributed by atoms with Crippen LogP contribution in [0.15, 0.2) is 53.4 Å². The summed E-state index contributed by atoms with van der Waals surface area (Å²) in [6.07, 6.45) is 0. The van der Waals surface area contributed by atoms with Crippen LogP contribution in [0.25, 0.3) is 0 Å². The maximum absolute atomic E-state index is 11.9. The number of carbonyl (C=O) groups excluding carboxylic acids is 1. The number of methoxy groups -OCH3 is 1. The summed E-state index contributed by atoms with van der Waals surface area (Å²) in [5.41, 5.74) is 1.24. The van der Waals surface area contributed by atoms with E-state index in [4.69, 9.17) is 10.00 Å². The zero-order valence-electron chi connectivity index (χ0n) is 11.3. The minimum Gasteiger partial charge on any atom is -0.495 e. The van der Waals surface area contributed by atoms with Gasteiger partial charge >= 0.3 is 6.03 Å². The van der Waals surface area contributed by atoms with Crippen molar-refractivity contribution in [3.8, 4) is 11.2 Å². The molecule has 0 saturated heterocycles. The van der Waals surface area contributed by atoms with Gasteiger partial charge in [-0.3, -0.25) is 0 Å². The first-order valence-electron chi connectivity index (χ1n) is 6.10. The van der Waals surface area contributed by atoms with E-state index in [0.29, 0.717) is 17.1 Å². The Bertz CT molecular complexity index is 665. The number of thioether (sulfide) groups is 1. The number of nitrogens with one attached hydrogen (secondary N) is 2. The summed E-state index contributed by atoms with van der Waals surface area (Å²) in [6, 6.07) is 13.8. The lowest BCUT2D eigenvalue weighted by atomic mass is 10.3. The SMILES string of the molecule is COc1ccccc1NC(=O)Nc1ccc(SC#N)cc1. The first-order valence-corrected chi connectivity index (χ1v) is 6.91. The van der Waals surface area contributed by atoms with Crippen LogP contribution < -0.4 is 15.4 Å². The molecule has 2 aromatic rings. The first kappa shape index (κ1) is 14.8. The van der Waals surface area contributed by atoms with Gasteiger partial charge in [-0.05, 0) is 48.2 Å². The number of urea groups is 1. The summed E-state index contributed by atoms with van der Waals surface area (Å²) in [7, 11) is 1.55. The molecule has 0 unspecified atom stereocenters. The summed E-state index contributed by atoms with van der Waals surface area (Å²) >= 11 is 1.07. The second kappa shape index (κ2) is 7.22. The quantitative estimate of drug-likeness (QED) is 0.663. The van der Waals surface area contributed by atoms with Crippen molar-refractivity contribution in [1.82, 2.24) is 0 Å². The molecular formula is C15H13N3O2S. The maximum Gasteiger partial charge on any atom is 0.323 e. The van der Waals surface area contributed by atoms with Crippen molar-refractivity contribution >= 4 is 29.2 Å². The molecule has 0 aliphatic rings. The minimum atomic E-state index is -0.361. The number of hydrogen-bond acceptors (Lipinski definition) is 4. The van der Waals surface area contributed by atoms with E-state index in [2.05, 4.69) is 10.6 Å². The average molecular weight is 299 g/mol. The molecule has 21 heavy (non-hydrogen) atoms. The highest BCUT2D eigenvalue weighted by atomic mass is 32.2.